The van der Waals surface area contributed by atoms with E-state index >= 15 is 0 Å². The van der Waals surface area contributed by atoms with Crippen LogP contribution in [0, 0.1) is 5.82 Å². The van der Waals surface area contributed by atoms with Gasteiger partial charge in [0.05, 0.1) is 12.9 Å². The Kier molecular flexibility index (Phi) is 6.23. The first kappa shape index (κ1) is 15.8. The van der Waals surface area contributed by atoms with Crippen LogP contribution in [-0.2, 0) is 4.79 Å². The third-order valence-corrected chi connectivity index (χ3v) is 2.89. The monoisotopic (exact) mass is 303 g/mol. The van der Waals surface area contributed by atoms with Crippen LogP contribution in [0.3, 0.4) is 0 Å². The fourth-order valence-electron chi connectivity index (χ4n) is 1.76. The average molecular weight is 303 g/mol. The average Bonchev–Trinajstić information content (AvgIpc) is 3.04. The van der Waals surface area contributed by atoms with Crippen molar-refractivity contribution in [2.45, 2.75) is 12.8 Å². The van der Waals surface area contributed by atoms with Crippen LogP contribution in [0.1, 0.15) is 18.6 Å². The number of furan rings is 1. The summed E-state index contributed by atoms with van der Waals surface area (Å²) in [6.45, 7) is 1.11. The molecule has 1 aromatic heterocycles. The molecule has 0 unspecified atom stereocenters. The highest BCUT2D eigenvalue weighted by molar-refractivity contribution is 5.91. The third-order valence-electron chi connectivity index (χ3n) is 2.89. The number of hydrogen-bond acceptors (Lipinski definition) is 3. The normalized spacial score (nSPS) is 10.8. The van der Waals surface area contributed by atoms with Gasteiger partial charge in [-0.3, -0.25) is 4.79 Å². The van der Waals surface area contributed by atoms with Crippen LogP contribution in [-0.4, -0.2) is 19.1 Å². The quantitative estimate of drug-likeness (QED) is 0.600. The molecule has 1 aromatic carbocycles. The molecule has 0 radical (unpaired) electrons. The molecule has 22 heavy (non-hydrogen) atoms. The van der Waals surface area contributed by atoms with Gasteiger partial charge in [-0.2, -0.15) is 0 Å². The van der Waals surface area contributed by atoms with E-state index in [0.29, 0.717) is 24.7 Å². The first-order valence-electron chi connectivity index (χ1n) is 7.12. The molecule has 0 spiro atoms. The summed E-state index contributed by atoms with van der Waals surface area (Å²) in [4.78, 5) is 11.5. The van der Waals surface area contributed by atoms with Gasteiger partial charge in [0, 0.05) is 12.6 Å². The van der Waals surface area contributed by atoms with Crippen molar-refractivity contribution in [2.24, 2.45) is 0 Å². The van der Waals surface area contributed by atoms with Crippen LogP contribution in [0.15, 0.2) is 53.2 Å². The van der Waals surface area contributed by atoms with E-state index in [4.69, 9.17) is 9.15 Å². The zero-order valence-electron chi connectivity index (χ0n) is 12.1. The summed E-state index contributed by atoms with van der Waals surface area (Å²) in [6, 6.07) is 9.45. The predicted molar refractivity (Wildman–Crippen MR) is 81.9 cm³/mol. The second kappa shape index (κ2) is 8.67. The van der Waals surface area contributed by atoms with E-state index in [-0.39, 0.29) is 11.7 Å². The van der Waals surface area contributed by atoms with Gasteiger partial charge in [0.15, 0.2) is 0 Å². The smallest absolute Gasteiger partial charge is 0.244 e. The van der Waals surface area contributed by atoms with Crippen molar-refractivity contribution < 1.29 is 18.3 Å². The predicted octanol–water partition coefficient (Wildman–Crippen LogP) is 3.41. The number of nitrogens with one attached hydrogen (secondary N) is 1. The molecule has 1 N–H and O–H groups in total. The number of carbonyl (C=O) groups excluding carboxylic acids is 1. The Balaban J connectivity index is 1.53. The minimum atomic E-state index is -0.280. The summed E-state index contributed by atoms with van der Waals surface area (Å²) in [5, 5.41) is 2.78. The lowest BCUT2D eigenvalue weighted by molar-refractivity contribution is -0.116. The molecule has 116 valence electrons. The van der Waals surface area contributed by atoms with E-state index in [1.54, 1.807) is 36.6 Å². The van der Waals surface area contributed by atoms with E-state index in [1.165, 1.54) is 18.2 Å². The molecule has 0 saturated carbocycles. The highest BCUT2D eigenvalue weighted by Gasteiger charge is 1.97. The molecule has 0 aliphatic carbocycles. The number of halogens is 1. The summed E-state index contributed by atoms with van der Waals surface area (Å²) < 4.78 is 23.2. The maximum absolute atomic E-state index is 12.7. The molecule has 0 fully saturated rings. The van der Waals surface area contributed by atoms with E-state index in [9.17, 15) is 9.18 Å². The number of benzene rings is 1. The highest BCUT2D eigenvalue weighted by Crippen LogP contribution is 2.11. The van der Waals surface area contributed by atoms with Crippen LogP contribution < -0.4 is 10.1 Å². The zero-order valence-corrected chi connectivity index (χ0v) is 12.1. The van der Waals surface area contributed by atoms with Gasteiger partial charge in [0.25, 0.3) is 0 Å². The zero-order chi connectivity index (χ0) is 15.6. The highest BCUT2D eigenvalue weighted by atomic mass is 19.1. The van der Waals surface area contributed by atoms with Crippen LogP contribution in [0.25, 0.3) is 6.08 Å². The summed E-state index contributed by atoms with van der Waals surface area (Å²) in [6.07, 6.45) is 6.22. The number of hydrogen-bond donors (Lipinski definition) is 1. The molecule has 2 aromatic rings. The molecule has 4 nitrogen and oxygen atoms in total. The Bertz CT molecular complexity index is 591. The molecular formula is C17H18FNO3. The van der Waals surface area contributed by atoms with Crippen molar-refractivity contribution in [3.8, 4) is 5.75 Å². The molecule has 0 aliphatic heterocycles. The van der Waals surface area contributed by atoms with Gasteiger partial charge in [-0.25, -0.2) is 4.39 Å². The Morgan fingerprint density at radius 1 is 1.23 bits per heavy atom. The first-order valence-corrected chi connectivity index (χ1v) is 7.12. The summed E-state index contributed by atoms with van der Waals surface area (Å²) >= 11 is 0. The Labute approximate surface area is 128 Å². The fourth-order valence-corrected chi connectivity index (χ4v) is 1.76. The molecule has 0 aliphatic rings. The van der Waals surface area contributed by atoms with Crippen molar-refractivity contribution in [2.75, 3.05) is 13.2 Å². The SMILES string of the molecule is O=C(/C=C/c1ccco1)NCCCCOc1ccc(F)cc1. The molecule has 5 heteroatoms. The lowest BCUT2D eigenvalue weighted by Crippen LogP contribution is -2.22. The minimum Gasteiger partial charge on any atom is -0.494 e. The van der Waals surface area contributed by atoms with E-state index in [2.05, 4.69) is 5.32 Å². The van der Waals surface area contributed by atoms with Crippen molar-refractivity contribution in [3.63, 3.8) is 0 Å². The van der Waals surface area contributed by atoms with Gasteiger partial charge >= 0.3 is 0 Å². The minimum absolute atomic E-state index is 0.157. The van der Waals surface area contributed by atoms with Crippen LogP contribution in [0.4, 0.5) is 4.39 Å². The molecule has 1 heterocycles. The van der Waals surface area contributed by atoms with Crippen molar-refractivity contribution >= 4 is 12.0 Å². The molecule has 1 amide bonds. The Hall–Kier alpha value is -2.56. The number of ether oxygens (including phenoxy) is 1. The van der Waals surface area contributed by atoms with Gasteiger partial charge in [-0.05, 0) is 55.3 Å². The molecule has 2 rings (SSSR count). The Morgan fingerprint density at radius 2 is 2.05 bits per heavy atom. The molecule has 0 atom stereocenters. The summed E-state index contributed by atoms with van der Waals surface area (Å²) in [7, 11) is 0. The van der Waals surface area contributed by atoms with Crippen molar-refractivity contribution in [3.05, 3.63) is 60.3 Å². The lowest BCUT2D eigenvalue weighted by atomic mass is 10.3. The van der Waals surface area contributed by atoms with Crippen LogP contribution in [0.5, 0.6) is 5.75 Å². The van der Waals surface area contributed by atoms with Gasteiger partial charge in [0.2, 0.25) is 5.91 Å². The number of amides is 1. The van der Waals surface area contributed by atoms with Gasteiger partial charge < -0.3 is 14.5 Å². The molecule has 0 bridgehead atoms. The lowest BCUT2D eigenvalue weighted by Gasteiger charge is -2.06. The van der Waals surface area contributed by atoms with E-state index in [1.807, 2.05) is 0 Å². The number of rotatable bonds is 8. The maximum atomic E-state index is 12.7. The molecule has 0 saturated heterocycles. The fraction of sp³-hybridized carbons (Fsp3) is 0.235. The standard InChI is InChI=1S/C17H18FNO3/c18-14-5-7-16(8-6-14)21-12-2-1-11-19-17(20)10-9-15-4-3-13-22-15/h3-10,13H,1-2,11-12H2,(H,19,20)/b10-9+. The maximum Gasteiger partial charge on any atom is 0.244 e. The van der Waals surface area contributed by atoms with Crippen LogP contribution in [0.2, 0.25) is 0 Å². The second-order valence-corrected chi connectivity index (χ2v) is 4.65. The third kappa shape index (κ3) is 5.83. The van der Waals surface area contributed by atoms with Crippen molar-refractivity contribution in [1.29, 1.82) is 0 Å². The largest absolute Gasteiger partial charge is 0.494 e. The van der Waals surface area contributed by atoms with Crippen molar-refractivity contribution in [1.82, 2.24) is 5.32 Å². The van der Waals surface area contributed by atoms with Crippen LogP contribution >= 0.6 is 0 Å². The first-order chi connectivity index (χ1) is 10.7. The van der Waals surface area contributed by atoms with E-state index in [0.717, 1.165) is 12.8 Å². The summed E-state index contributed by atoms with van der Waals surface area (Å²) in [5.41, 5.74) is 0. The van der Waals surface area contributed by atoms with Gasteiger partial charge in [-0.15, -0.1) is 0 Å². The Morgan fingerprint density at radius 3 is 2.77 bits per heavy atom. The van der Waals surface area contributed by atoms with E-state index < -0.39 is 0 Å². The summed E-state index contributed by atoms with van der Waals surface area (Å²) in [5.74, 6) is 0.850. The topological polar surface area (TPSA) is 51.5 Å². The molecular weight excluding hydrogens is 285 g/mol. The number of unbranched alkanes of at least 4 members (excludes halogenated alkanes) is 1. The van der Waals surface area contributed by atoms with Gasteiger partial charge in [-0.1, -0.05) is 0 Å². The second-order valence-electron chi connectivity index (χ2n) is 4.65. The number of carbonyl (C=O) groups is 1. The van der Waals surface area contributed by atoms with Gasteiger partial charge in [0.1, 0.15) is 17.3 Å².